The second kappa shape index (κ2) is 5.95. The number of carbonyl (C=O) groups excluding carboxylic acids is 2. The maximum atomic E-state index is 11.8. The van der Waals surface area contributed by atoms with Crippen LogP contribution in [0.3, 0.4) is 0 Å². The van der Waals surface area contributed by atoms with E-state index in [9.17, 15) is 27.9 Å². The molecule has 2 amide bonds. The van der Waals surface area contributed by atoms with Crippen LogP contribution in [0.4, 0.5) is 13.2 Å². The lowest BCUT2D eigenvalue weighted by Gasteiger charge is -2.20. The van der Waals surface area contributed by atoms with Gasteiger partial charge >= 0.3 is 18.0 Å². The Hall–Kier alpha value is -2.03. The smallest absolute Gasteiger partial charge is 0.405 e. The topological polar surface area (TPSA) is 91.6 Å². The van der Waals surface area contributed by atoms with Crippen LogP contribution in [0.1, 0.15) is 12.7 Å². The maximum absolute atomic E-state index is 11.8. The summed E-state index contributed by atoms with van der Waals surface area (Å²) in [6, 6.07) is 2.97. The summed E-state index contributed by atoms with van der Waals surface area (Å²) < 4.78 is 40.5. The lowest BCUT2D eigenvalue weighted by Crippen LogP contribution is -2.47. The number of furan rings is 1. The van der Waals surface area contributed by atoms with E-state index < -0.39 is 36.7 Å². The van der Waals surface area contributed by atoms with Crippen molar-refractivity contribution in [3.8, 4) is 0 Å². The standard InChI is InChI=1S/C11H13F3N2O4/c1-10(19,7-3-2-4-20-7)5-15-8(17)9(18)16-6-11(12,13)14/h2-4,19H,5-6H2,1H3,(H,15,17)(H,16,18)/t10-/m1/s1. The number of rotatable bonds is 4. The Labute approximate surface area is 111 Å². The van der Waals surface area contributed by atoms with Crippen molar-refractivity contribution < 1.29 is 32.3 Å². The summed E-state index contributed by atoms with van der Waals surface area (Å²) >= 11 is 0. The molecule has 1 heterocycles. The molecule has 0 bridgehead atoms. The van der Waals surface area contributed by atoms with Gasteiger partial charge in [-0.1, -0.05) is 0 Å². The maximum Gasteiger partial charge on any atom is 0.405 e. The molecule has 0 radical (unpaired) electrons. The Balaban J connectivity index is 2.45. The van der Waals surface area contributed by atoms with E-state index in [-0.39, 0.29) is 5.76 Å². The minimum Gasteiger partial charge on any atom is -0.466 e. The highest BCUT2D eigenvalue weighted by atomic mass is 19.4. The fourth-order valence-electron chi connectivity index (χ4n) is 1.27. The van der Waals surface area contributed by atoms with Gasteiger partial charge in [-0.05, 0) is 19.1 Å². The number of carbonyl (C=O) groups is 2. The van der Waals surface area contributed by atoms with Gasteiger partial charge in [0.05, 0.1) is 12.8 Å². The molecule has 0 aliphatic carbocycles. The Morgan fingerprint density at radius 1 is 1.25 bits per heavy atom. The molecule has 1 rings (SSSR count). The second-order valence-electron chi connectivity index (χ2n) is 4.23. The van der Waals surface area contributed by atoms with Crippen LogP contribution in [0.5, 0.6) is 0 Å². The van der Waals surface area contributed by atoms with Crippen LogP contribution in [0.2, 0.25) is 0 Å². The van der Waals surface area contributed by atoms with E-state index in [1.165, 1.54) is 30.6 Å². The van der Waals surface area contributed by atoms with Crippen molar-refractivity contribution in [2.45, 2.75) is 18.7 Å². The highest BCUT2D eigenvalue weighted by Crippen LogP contribution is 2.19. The van der Waals surface area contributed by atoms with Crippen molar-refractivity contribution in [1.82, 2.24) is 10.6 Å². The van der Waals surface area contributed by atoms with Crippen molar-refractivity contribution in [3.63, 3.8) is 0 Å². The molecule has 112 valence electrons. The van der Waals surface area contributed by atoms with E-state index in [1.807, 2.05) is 5.32 Å². The molecule has 0 spiro atoms. The van der Waals surface area contributed by atoms with Gasteiger partial charge in [0.1, 0.15) is 17.9 Å². The molecule has 0 fully saturated rings. The molecule has 0 aliphatic heterocycles. The first-order chi connectivity index (χ1) is 9.12. The van der Waals surface area contributed by atoms with E-state index in [0.29, 0.717) is 0 Å². The van der Waals surface area contributed by atoms with Gasteiger partial charge < -0.3 is 20.2 Å². The molecule has 0 unspecified atom stereocenters. The van der Waals surface area contributed by atoms with Crippen molar-refractivity contribution in [2.24, 2.45) is 0 Å². The normalized spacial score (nSPS) is 14.4. The molecule has 20 heavy (non-hydrogen) atoms. The minimum atomic E-state index is -4.60. The third-order valence-electron chi connectivity index (χ3n) is 2.30. The van der Waals surface area contributed by atoms with Crippen molar-refractivity contribution in [1.29, 1.82) is 0 Å². The van der Waals surface area contributed by atoms with Gasteiger partial charge in [0.25, 0.3) is 0 Å². The summed E-state index contributed by atoms with van der Waals surface area (Å²) in [5, 5.41) is 13.4. The average molecular weight is 294 g/mol. The first-order valence-electron chi connectivity index (χ1n) is 5.51. The molecular formula is C11H13F3N2O4. The van der Waals surface area contributed by atoms with Gasteiger partial charge in [0, 0.05) is 0 Å². The predicted octanol–water partition coefficient (Wildman–Crippen LogP) is 0.282. The highest BCUT2D eigenvalue weighted by molar-refractivity contribution is 6.35. The zero-order valence-corrected chi connectivity index (χ0v) is 10.5. The van der Waals surface area contributed by atoms with Gasteiger partial charge in [-0.25, -0.2) is 0 Å². The zero-order chi connectivity index (χ0) is 15.4. The lowest BCUT2D eigenvalue weighted by molar-refractivity contribution is -0.146. The molecular weight excluding hydrogens is 281 g/mol. The number of nitrogens with one attached hydrogen (secondary N) is 2. The third kappa shape index (κ3) is 4.92. The van der Waals surface area contributed by atoms with E-state index in [4.69, 9.17) is 4.42 Å². The first-order valence-corrected chi connectivity index (χ1v) is 5.51. The Bertz CT molecular complexity index is 469. The van der Waals surface area contributed by atoms with Crippen LogP contribution in [0.25, 0.3) is 0 Å². The van der Waals surface area contributed by atoms with E-state index in [2.05, 4.69) is 0 Å². The van der Waals surface area contributed by atoms with E-state index >= 15 is 0 Å². The summed E-state index contributed by atoms with van der Waals surface area (Å²) in [7, 11) is 0. The third-order valence-corrected chi connectivity index (χ3v) is 2.30. The predicted molar refractivity (Wildman–Crippen MR) is 60.4 cm³/mol. The molecule has 0 saturated carbocycles. The van der Waals surface area contributed by atoms with Gasteiger partial charge in [-0.3, -0.25) is 9.59 Å². The lowest BCUT2D eigenvalue weighted by atomic mass is 10.0. The minimum absolute atomic E-state index is 0.147. The van der Waals surface area contributed by atoms with Gasteiger partial charge in [-0.2, -0.15) is 13.2 Å². The summed E-state index contributed by atoms with van der Waals surface area (Å²) in [6.45, 7) is -0.674. The molecule has 0 aliphatic rings. The largest absolute Gasteiger partial charge is 0.466 e. The summed E-state index contributed by atoms with van der Waals surface area (Å²) in [6.07, 6.45) is -3.29. The molecule has 9 heteroatoms. The Kier molecular flexibility index (Phi) is 4.77. The highest BCUT2D eigenvalue weighted by Gasteiger charge is 2.31. The molecule has 1 aromatic rings. The van der Waals surface area contributed by atoms with Crippen molar-refractivity contribution in [3.05, 3.63) is 24.2 Å². The number of aliphatic hydroxyl groups is 1. The molecule has 1 atom stereocenters. The SMILES string of the molecule is C[C@@](O)(CNC(=O)C(=O)NCC(F)(F)F)c1ccco1. The van der Waals surface area contributed by atoms with Gasteiger partial charge in [-0.15, -0.1) is 0 Å². The van der Waals surface area contributed by atoms with E-state index in [1.54, 1.807) is 0 Å². The second-order valence-corrected chi connectivity index (χ2v) is 4.23. The fourth-order valence-corrected chi connectivity index (χ4v) is 1.27. The summed E-state index contributed by atoms with van der Waals surface area (Å²) in [5.41, 5.74) is -1.58. The number of amides is 2. The molecule has 6 nitrogen and oxygen atoms in total. The summed E-state index contributed by atoms with van der Waals surface area (Å²) in [4.78, 5) is 22.3. The molecule has 0 saturated heterocycles. The average Bonchev–Trinajstić information content (AvgIpc) is 2.86. The zero-order valence-electron chi connectivity index (χ0n) is 10.5. The summed E-state index contributed by atoms with van der Waals surface area (Å²) in [5.74, 6) is -2.56. The van der Waals surface area contributed by atoms with Gasteiger partial charge in [0.2, 0.25) is 0 Å². The fraction of sp³-hybridized carbons (Fsp3) is 0.455. The number of halogens is 3. The Morgan fingerprint density at radius 3 is 2.25 bits per heavy atom. The molecule has 0 aromatic carbocycles. The van der Waals surface area contributed by atoms with Gasteiger partial charge in [0.15, 0.2) is 0 Å². The van der Waals surface area contributed by atoms with Crippen LogP contribution in [-0.2, 0) is 15.2 Å². The monoisotopic (exact) mass is 294 g/mol. The van der Waals surface area contributed by atoms with E-state index in [0.717, 1.165) is 0 Å². The first kappa shape index (κ1) is 16.0. The number of hydrogen-bond acceptors (Lipinski definition) is 4. The molecule has 3 N–H and O–H groups in total. The molecule has 1 aromatic heterocycles. The van der Waals surface area contributed by atoms with Crippen molar-refractivity contribution in [2.75, 3.05) is 13.1 Å². The van der Waals surface area contributed by atoms with Crippen LogP contribution in [0.15, 0.2) is 22.8 Å². The quantitative estimate of drug-likeness (QED) is 0.696. The number of hydrogen-bond donors (Lipinski definition) is 3. The van der Waals surface area contributed by atoms with Crippen LogP contribution in [0, 0.1) is 0 Å². The van der Waals surface area contributed by atoms with Crippen LogP contribution >= 0.6 is 0 Å². The van der Waals surface area contributed by atoms with Crippen molar-refractivity contribution >= 4 is 11.8 Å². The van der Waals surface area contributed by atoms with Crippen LogP contribution in [-0.4, -0.2) is 36.2 Å². The van der Waals surface area contributed by atoms with Crippen LogP contribution < -0.4 is 10.6 Å². The Morgan fingerprint density at radius 2 is 1.80 bits per heavy atom. The number of alkyl halides is 3.